The number of primary sulfonamides is 2. The molecule has 0 aromatic heterocycles. The number of benzene rings is 4. The third-order valence-corrected chi connectivity index (χ3v) is 11.6. The van der Waals surface area contributed by atoms with Crippen molar-refractivity contribution in [2.24, 2.45) is 10.3 Å². The molecule has 6 rings (SSSR count). The Morgan fingerprint density at radius 2 is 0.922 bits per heavy atom. The van der Waals surface area contributed by atoms with E-state index in [9.17, 15) is 26.4 Å². The van der Waals surface area contributed by atoms with Gasteiger partial charge in [-0.2, -0.15) is 0 Å². The lowest BCUT2D eigenvalue weighted by Crippen LogP contribution is -2.14. The van der Waals surface area contributed by atoms with Crippen LogP contribution in [0.2, 0.25) is 10.0 Å². The fourth-order valence-electron chi connectivity index (χ4n) is 6.02. The van der Waals surface area contributed by atoms with E-state index in [-0.39, 0.29) is 51.6 Å². The van der Waals surface area contributed by atoms with Gasteiger partial charge in [0.25, 0.3) is 5.24 Å². The lowest BCUT2D eigenvalue weighted by Gasteiger charge is -2.10. The van der Waals surface area contributed by atoms with E-state index in [1.54, 1.807) is 17.7 Å². The van der Waals surface area contributed by atoms with Gasteiger partial charge in [-0.1, -0.05) is 118 Å². The maximum Gasteiger partial charge on any atom is 0.252 e. The molecule has 0 atom stereocenters. The summed E-state index contributed by atoms with van der Waals surface area (Å²) in [5.41, 5.74) is 3.59. The van der Waals surface area contributed by atoms with Crippen LogP contribution in [0.3, 0.4) is 0 Å². The second-order valence-corrected chi connectivity index (χ2v) is 16.2. The van der Waals surface area contributed by atoms with Gasteiger partial charge in [0.2, 0.25) is 20.0 Å². The molecule has 8 nitrogen and oxygen atoms in total. The number of nitrogens with two attached hydrogens (primary N) is 2. The molecule has 2 aliphatic rings. The first kappa shape index (κ1) is 44.1. The highest BCUT2D eigenvalue weighted by Crippen LogP contribution is 2.35. The molecular formula is C38H45Cl3N2O6S2. The molecule has 0 radical (unpaired) electrons. The first-order valence-electron chi connectivity index (χ1n) is 15.7. The van der Waals surface area contributed by atoms with Crippen LogP contribution >= 0.6 is 34.8 Å². The molecule has 0 bridgehead atoms. The topological polar surface area (TPSA) is 154 Å². The molecule has 2 saturated carbocycles. The minimum atomic E-state index is -3.97. The van der Waals surface area contributed by atoms with E-state index in [1.807, 2.05) is 12.1 Å². The van der Waals surface area contributed by atoms with Gasteiger partial charge in [0.15, 0.2) is 5.78 Å². The van der Waals surface area contributed by atoms with Crippen molar-refractivity contribution in [3.63, 3.8) is 0 Å². The molecule has 0 unspecified atom stereocenters. The maximum absolute atomic E-state index is 12.6. The molecule has 0 heterocycles. The van der Waals surface area contributed by atoms with Gasteiger partial charge in [-0.3, -0.25) is 9.59 Å². The fourth-order valence-corrected chi connectivity index (χ4v) is 8.28. The lowest BCUT2D eigenvalue weighted by molar-refractivity contribution is 0.103. The van der Waals surface area contributed by atoms with Crippen LogP contribution in [0, 0.1) is 0 Å². The van der Waals surface area contributed by atoms with E-state index in [2.05, 4.69) is 30.3 Å². The van der Waals surface area contributed by atoms with Crippen molar-refractivity contribution in [2.75, 3.05) is 0 Å². The van der Waals surface area contributed by atoms with Crippen molar-refractivity contribution in [3.05, 3.63) is 129 Å². The van der Waals surface area contributed by atoms with Crippen molar-refractivity contribution in [3.8, 4) is 0 Å². The van der Waals surface area contributed by atoms with Gasteiger partial charge in [0, 0.05) is 16.7 Å². The van der Waals surface area contributed by atoms with E-state index in [1.165, 1.54) is 87.3 Å². The van der Waals surface area contributed by atoms with Crippen LogP contribution in [0.5, 0.6) is 0 Å². The summed E-state index contributed by atoms with van der Waals surface area (Å²) in [5.74, 6) is 1.20. The first-order chi connectivity index (χ1) is 23.1. The fraction of sp³-hybridized carbons (Fsp3) is 0.316. The average Bonchev–Trinajstić information content (AvgIpc) is 3.81. The summed E-state index contributed by atoms with van der Waals surface area (Å²) in [7, 11) is -7.91. The summed E-state index contributed by atoms with van der Waals surface area (Å²) >= 11 is 16.6. The highest BCUT2D eigenvalue weighted by atomic mass is 35.5. The van der Waals surface area contributed by atoms with E-state index in [0.29, 0.717) is 11.5 Å². The second-order valence-electron chi connectivity index (χ2n) is 12.0. The van der Waals surface area contributed by atoms with Crippen LogP contribution in [0.15, 0.2) is 101 Å². The van der Waals surface area contributed by atoms with Crippen LogP contribution in [0.4, 0.5) is 0 Å². The number of rotatable bonds is 7. The van der Waals surface area contributed by atoms with Crippen molar-refractivity contribution >= 4 is 65.9 Å². The van der Waals surface area contributed by atoms with Gasteiger partial charge in [-0.25, -0.2) is 27.1 Å². The Kier molecular flexibility index (Phi) is 17.0. The third kappa shape index (κ3) is 12.5. The highest BCUT2D eigenvalue weighted by molar-refractivity contribution is 7.89. The van der Waals surface area contributed by atoms with E-state index in [4.69, 9.17) is 45.1 Å². The van der Waals surface area contributed by atoms with Crippen LogP contribution < -0.4 is 10.3 Å². The summed E-state index contributed by atoms with van der Waals surface area (Å²) in [6.45, 7) is 0. The summed E-state index contributed by atoms with van der Waals surface area (Å²) < 4.78 is 45.0. The molecule has 51 heavy (non-hydrogen) atoms. The molecule has 0 amide bonds. The van der Waals surface area contributed by atoms with Crippen LogP contribution in [0.1, 0.15) is 115 Å². The lowest BCUT2D eigenvalue weighted by atomic mass is 9.95. The van der Waals surface area contributed by atoms with E-state index in [0.717, 1.165) is 12.0 Å². The standard InChI is InChI=1S/C18H18ClNO3S.C11H14.C7H5Cl2NO3S.2CH4/c19-16-10-9-15(11-17(16)24(20,22)23)18(21)14-7-5-13(6-8-14)12-3-1-2-4-12;1-2-6-10(7-3-1)11-8-4-5-9-11;8-5-2-1-4(7(9)11)3-6(5)14(10,12)13;;/h5-12H,1-4H2,(H2,20,22,23);1-3,6-7,11H,4-5,8-9H2;1-3H,(H2,10,12,13);2*1H4. The molecule has 0 saturated heterocycles. The van der Waals surface area contributed by atoms with Gasteiger partial charge >= 0.3 is 0 Å². The summed E-state index contributed by atoms with van der Waals surface area (Å²) in [4.78, 5) is 22.8. The Morgan fingerprint density at radius 3 is 1.33 bits per heavy atom. The number of sulfonamides is 2. The highest BCUT2D eigenvalue weighted by Gasteiger charge is 2.20. The molecule has 0 aliphatic heterocycles. The largest absolute Gasteiger partial charge is 0.289 e. The number of halogens is 3. The minimum absolute atomic E-state index is 0. The van der Waals surface area contributed by atoms with E-state index < -0.39 is 25.3 Å². The minimum Gasteiger partial charge on any atom is -0.289 e. The van der Waals surface area contributed by atoms with Crippen LogP contribution in [-0.2, 0) is 20.0 Å². The Balaban J connectivity index is 0.000000284. The zero-order valence-corrected chi connectivity index (χ0v) is 30.4. The first-order valence-corrected chi connectivity index (χ1v) is 19.9. The number of carbonyl (C=O) groups excluding carboxylic acids is 2. The number of carbonyl (C=O) groups is 2. The normalized spacial score (nSPS) is 14.5. The van der Waals surface area contributed by atoms with Gasteiger partial charge in [-0.05, 0) is 96.6 Å². The quantitative estimate of drug-likeness (QED) is 0.140. The van der Waals surface area contributed by atoms with Crippen LogP contribution in [0.25, 0.3) is 0 Å². The monoisotopic (exact) mass is 794 g/mol. The molecule has 2 fully saturated rings. The third-order valence-electron chi connectivity index (χ3n) is 8.59. The molecule has 4 aromatic carbocycles. The maximum atomic E-state index is 12.6. The van der Waals surface area contributed by atoms with Crippen molar-refractivity contribution in [1.29, 1.82) is 0 Å². The van der Waals surface area contributed by atoms with Gasteiger partial charge in [0.05, 0.1) is 10.0 Å². The molecule has 0 spiro atoms. The Morgan fingerprint density at radius 1 is 0.549 bits per heavy atom. The molecule has 4 aromatic rings. The Labute approximate surface area is 317 Å². The van der Waals surface area contributed by atoms with Crippen LogP contribution in [-0.4, -0.2) is 27.9 Å². The van der Waals surface area contributed by atoms with Gasteiger partial charge in [-0.15, -0.1) is 0 Å². The SMILES string of the molecule is C.C.NS(=O)(=O)c1cc(C(=O)Cl)ccc1Cl.NS(=O)(=O)c1cc(C(=O)c2ccc(C3CCCC3)cc2)ccc1Cl.c1ccc(C2CCCC2)cc1. The molecule has 13 heteroatoms. The predicted molar refractivity (Wildman–Crippen MR) is 208 cm³/mol. The predicted octanol–water partition coefficient (Wildman–Crippen LogP) is 9.86. The number of ketones is 1. The van der Waals surface area contributed by atoms with E-state index >= 15 is 0 Å². The van der Waals surface area contributed by atoms with Crippen molar-refractivity contribution in [1.82, 2.24) is 0 Å². The van der Waals surface area contributed by atoms with Crippen molar-refractivity contribution < 1.29 is 26.4 Å². The van der Waals surface area contributed by atoms with Gasteiger partial charge in [0.1, 0.15) is 9.79 Å². The summed E-state index contributed by atoms with van der Waals surface area (Å²) in [5, 5.41) is 9.18. The summed E-state index contributed by atoms with van der Waals surface area (Å²) in [6.07, 6.45) is 10.6. The number of hydrogen-bond acceptors (Lipinski definition) is 6. The Hall–Kier alpha value is -3.09. The second kappa shape index (κ2) is 19.7. The Bertz CT molecular complexity index is 2000. The molecular weight excluding hydrogens is 751 g/mol. The smallest absolute Gasteiger partial charge is 0.252 e. The average molecular weight is 796 g/mol. The number of hydrogen-bond donors (Lipinski definition) is 2. The zero-order valence-electron chi connectivity index (χ0n) is 26.5. The molecule has 276 valence electrons. The molecule has 2 aliphatic carbocycles. The molecule has 4 N–H and O–H groups in total. The van der Waals surface area contributed by atoms with Gasteiger partial charge < -0.3 is 0 Å². The van der Waals surface area contributed by atoms with Crippen molar-refractivity contribution in [2.45, 2.75) is 87.8 Å². The summed E-state index contributed by atoms with van der Waals surface area (Å²) in [6, 6.07) is 26.2. The zero-order chi connectivity index (χ0) is 35.8.